The molecule has 0 saturated heterocycles. The van der Waals surface area contributed by atoms with E-state index in [1.165, 1.54) is 0 Å². The quantitative estimate of drug-likeness (QED) is 0.804. The Morgan fingerprint density at radius 2 is 1.95 bits per heavy atom. The molecule has 0 radical (unpaired) electrons. The molecule has 1 amide bonds. The number of hydrogen-bond donors (Lipinski definition) is 2. The summed E-state index contributed by atoms with van der Waals surface area (Å²) in [5.41, 5.74) is 6.08. The zero-order valence-electron chi connectivity index (χ0n) is 13.4. The summed E-state index contributed by atoms with van der Waals surface area (Å²) in [6.45, 7) is 5.35. The van der Waals surface area contributed by atoms with Crippen LogP contribution in [0.3, 0.4) is 0 Å². The number of nitrogens with two attached hydrogens (primary N) is 1. The number of anilines is 1. The summed E-state index contributed by atoms with van der Waals surface area (Å²) in [7, 11) is 0. The molecular formula is C17H27ClN2O2. The van der Waals surface area contributed by atoms with Gasteiger partial charge in [0.15, 0.2) is 0 Å². The lowest BCUT2D eigenvalue weighted by atomic mass is 9.64. The van der Waals surface area contributed by atoms with E-state index in [9.17, 15) is 4.79 Å². The molecule has 1 aromatic carbocycles. The molecule has 0 heterocycles. The second kappa shape index (κ2) is 8.39. The van der Waals surface area contributed by atoms with E-state index in [4.69, 9.17) is 10.5 Å². The molecule has 1 aliphatic carbocycles. The Balaban J connectivity index is 0.00000242. The van der Waals surface area contributed by atoms with Gasteiger partial charge in [0.2, 0.25) is 5.91 Å². The Labute approximate surface area is 139 Å². The van der Waals surface area contributed by atoms with Crippen molar-refractivity contribution in [2.45, 2.75) is 39.5 Å². The fraction of sp³-hybridized carbons (Fsp3) is 0.588. The van der Waals surface area contributed by atoms with Crippen LogP contribution in [0.1, 0.15) is 39.5 Å². The van der Waals surface area contributed by atoms with Gasteiger partial charge in [-0.3, -0.25) is 4.79 Å². The largest absolute Gasteiger partial charge is 0.492 e. The average molecular weight is 327 g/mol. The molecule has 0 aromatic heterocycles. The lowest BCUT2D eigenvalue weighted by molar-refractivity contribution is -0.131. The first kappa shape index (κ1) is 18.8. The van der Waals surface area contributed by atoms with Crippen molar-refractivity contribution in [1.29, 1.82) is 0 Å². The zero-order valence-corrected chi connectivity index (χ0v) is 14.2. The number of halogens is 1. The molecule has 0 unspecified atom stereocenters. The first-order valence-corrected chi connectivity index (χ1v) is 7.80. The summed E-state index contributed by atoms with van der Waals surface area (Å²) in [6, 6.07) is 7.49. The van der Waals surface area contributed by atoms with Crippen molar-refractivity contribution in [3.8, 4) is 5.75 Å². The molecule has 1 saturated carbocycles. The normalized spacial score (nSPS) is 15.6. The number of hydrogen-bond acceptors (Lipinski definition) is 3. The Morgan fingerprint density at radius 1 is 1.32 bits per heavy atom. The van der Waals surface area contributed by atoms with Crippen LogP contribution in [0.2, 0.25) is 0 Å². The van der Waals surface area contributed by atoms with Gasteiger partial charge >= 0.3 is 0 Å². The van der Waals surface area contributed by atoms with E-state index < -0.39 is 0 Å². The highest BCUT2D eigenvalue weighted by molar-refractivity contribution is 5.96. The van der Waals surface area contributed by atoms with Crippen molar-refractivity contribution in [2.24, 2.45) is 17.1 Å². The molecule has 0 bridgehead atoms. The minimum atomic E-state index is -0.150. The number of carbonyl (C=O) groups excluding carboxylic acids is 1. The van der Waals surface area contributed by atoms with Gasteiger partial charge in [0, 0.05) is 17.6 Å². The summed E-state index contributed by atoms with van der Waals surface area (Å²) in [5, 5.41) is 3.05. The lowest BCUT2D eigenvalue weighted by Gasteiger charge is -2.41. The molecule has 4 nitrogen and oxygen atoms in total. The van der Waals surface area contributed by atoms with Crippen molar-refractivity contribution in [3.05, 3.63) is 24.3 Å². The third-order valence-corrected chi connectivity index (χ3v) is 4.09. The van der Waals surface area contributed by atoms with Crippen molar-refractivity contribution in [2.75, 3.05) is 18.5 Å². The van der Waals surface area contributed by atoms with E-state index in [2.05, 4.69) is 19.2 Å². The van der Waals surface area contributed by atoms with Crippen LogP contribution in [0, 0.1) is 11.3 Å². The Morgan fingerprint density at radius 3 is 2.41 bits per heavy atom. The van der Waals surface area contributed by atoms with E-state index in [1.807, 2.05) is 24.3 Å². The maximum Gasteiger partial charge on any atom is 0.230 e. The lowest BCUT2D eigenvalue weighted by Crippen LogP contribution is -2.42. The van der Waals surface area contributed by atoms with Crippen LogP contribution >= 0.6 is 12.4 Å². The number of nitrogens with one attached hydrogen (secondary N) is 1. The summed E-state index contributed by atoms with van der Waals surface area (Å²) < 4.78 is 5.43. The summed E-state index contributed by atoms with van der Waals surface area (Å²) in [4.78, 5) is 12.6. The van der Waals surface area contributed by atoms with E-state index in [-0.39, 0.29) is 23.7 Å². The summed E-state index contributed by atoms with van der Waals surface area (Å²) in [5.74, 6) is 1.49. The number of ether oxygens (including phenoxy) is 1. The Bertz CT molecular complexity index is 470. The first-order chi connectivity index (χ1) is 10.1. The van der Waals surface area contributed by atoms with Gasteiger partial charge in [-0.1, -0.05) is 20.3 Å². The van der Waals surface area contributed by atoms with Crippen LogP contribution in [0.5, 0.6) is 5.75 Å². The van der Waals surface area contributed by atoms with Crippen LogP contribution in [-0.4, -0.2) is 19.1 Å². The van der Waals surface area contributed by atoms with Crippen LogP contribution in [-0.2, 0) is 4.79 Å². The standard InChI is InChI=1S/C17H26N2O2.ClH/c1-13(2)12-17(8-3-9-17)16(20)19-14-4-6-15(7-5-14)21-11-10-18;/h4-7,13H,3,8-12,18H2,1-2H3,(H,19,20);1H. The Kier molecular flexibility index (Phi) is 7.17. The van der Waals surface area contributed by atoms with E-state index in [0.29, 0.717) is 19.1 Å². The van der Waals surface area contributed by atoms with Gasteiger partial charge in [-0.25, -0.2) is 0 Å². The minimum Gasteiger partial charge on any atom is -0.492 e. The SMILES string of the molecule is CC(C)CC1(C(=O)Nc2ccc(OCCN)cc2)CCC1.Cl. The first-order valence-electron chi connectivity index (χ1n) is 7.80. The van der Waals surface area contributed by atoms with Crippen LogP contribution in [0.4, 0.5) is 5.69 Å². The van der Waals surface area contributed by atoms with Crippen molar-refractivity contribution in [3.63, 3.8) is 0 Å². The molecular weight excluding hydrogens is 300 g/mol. The summed E-state index contributed by atoms with van der Waals surface area (Å²) >= 11 is 0. The molecule has 5 heteroatoms. The predicted octanol–water partition coefficient (Wildman–Crippen LogP) is 3.60. The van der Waals surface area contributed by atoms with Gasteiger partial charge < -0.3 is 15.8 Å². The predicted molar refractivity (Wildman–Crippen MR) is 92.6 cm³/mol. The minimum absolute atomic E-state index is 0. The number of rotatable bonds is 7. The second-order valence-corrected chi connectivity index (χ2v) is 6.35. The topological polar surface area (TPSA) is 64.3 Å². The van der Waals surface area contributed by atoms with E-state index >= 15 is 0 Å². The second-order valence-electron chi connectivity index (χ2n) is 6.35. The molecule has 0 aliphatic heterocycles. The zero-order chi connectivity index (χ0) is 15.3. The van der Waals surface area contributed by atoms with Gasteiger partial charge in [-0.05, 0) is 49.4 Å². The van der Waals surface area contributed by atoms with Crippen LogP contribution in [0.15, 0.2) is 24.3 Å². The monoisotopic (exact) mass is 326 g/mol. The average Bonchev–Trinajstić information content (AvgIpc) is 2.41. The molecule has 1 aliphatic rings. The molecule has 3 N–H and O–H groups in total. The molecule has 2 rings (SSSR count). The van der Waals surface area contributed by atoms with E-state index in [0.717, 1.165) is 37.1 Å². The molecule has 1 aromatic rings. The van der Waals surface area contributed by atoms with E-state index in [1.54, 1.807) is 0 Å². The highest BCUT2D eigenvalue weighted by Crippen LogP contribution is 2.46. The molecule has 124 valence electrons. The number of carbonyl (C=O) groups is 1. The molecule has 0 spiro atoms. The third kappa shape index (κ3) is 4.62. The van der Waals surface area contributed by atoms with Crippen molar-refractivity contribution >= 4 is 24.0 Å². The Hall–Kier alpha value is -1.26. The van der Waals surface area contributed by atoms with Gasteiger partial charge in [-0.15, -0.1) is 12.4 Å². The van der Waals surface area contributed by atoms with Crippen molar-refractivity contribution < 1.29 is 9.53 Å². The van der Waals surface area contributed by atoms with Gasteiger partial charge in [0.25, 0.3) is 0 Å². The fourth-order valence-corrected chi connectivity index (χ4v) is 2.98. The highest BCUT2D eigenvalue weighted by atomic mass is 35.5. The van der Waals surface area contributed by atoms with Gasteiger partial charge in [0.05, 0.1) is 0 Å². The van der Waals surface area contributed by atoms with Crippen LogP contribution < -0.4 is 15.8 Å². The smallest absolute Gasteiger partial charge is 0.230 e. The van der Waals surface area contributed by atoms with Crippen LogP contribution in [0.25, 0.3) is 0 Å². The van der Waals surface area contributed by atoms with Gasteiger partial charge in [-0.2, -0.15) is 0 Å². The fourth-order valence-electron chi connectivity index (χ4n) is 2.98. The molecule has 22 heavy (non-hydrogen) atoms. The third-order valence-electron chi connectivity index (χ3n) is 4.09. The molecule has 1 fully saturated rings. The summed E-state index contributed by atoms with van der Waals surface area (Å²) in [6.07, 6.45) is 4.14. The molecule has 0 atom stereocenters. The maximum absolute atomic E-state index is 12.6. The maximum atomic E-state index is 12.6. The highest BCUT2D eigenvalue weighted by Gasteiger charge is 2.44. The van der Waals surface area contributed by atoms with Crippen molar-refractivity contribution in [1.82, 2.24) is 0 Å². The number of amides is 1. The van der Waals surface area contributed by atoms with Gasteiger partial charge in [0.1, 0.15) is 12.4 Å². The number of benzene rings is 1.